The van der Waals surface area contributed by atoms with E-state index in [1.165, 1.54) is 4.31 Å². The number of carbonyl (C=O) groups excluding carboxylic acids is 1. The topological polar surface area (TPSA) is 95.9 Å². The smallest absolute Gasteiger partial charge is 0.421 e. The first kappa shape index (κ1) is 15.5. The van der Waals surface area contributed by atoms with Crippen molar-refractivity contribution in [2.75, 3.05) is 13.2 Å². The molecular weight excluding hydrogens is 284 g/mol. The summed E-state index contributed by atoms with van der Waals surface area (Å²) in [4.78, 5) is 11.3. The molecular formula is C12H22N2O5S. The standard InChI is InChI=1S/C12H22N2O5S/c1-2-19-12(16)13-20(17,18)14-8-4-6-10(14)9-5-3-7-11(9)15/h9-11,15H,2-8H2,1H3,(H,13,16). The Morgan fingerprint density at radius 1 is 1.35 bits per heavy atom. The maximum Gasteiger partial charge on any atom is 0.421 e. The molecule has 2 fully saturated rings. The SMILES string of the molecule is CCOC(=O)NS(=O)(=O)N1CCCC1C1CCCC1O. The molecule has 1 aliphatic heterocycles. The van der Waals surface area contributed by atoms with Crippen molar-refractivity contribution in [3.05, 3.63) is 0 Å². The van der Waals surface area contributed by atoms with Crippen LogP contribution in [0.4, 0.5) is 4.79 Å². The zero-order valence-corrected chi connectivity index (χ0v) is 12.4. The van der Waals surface area contributed by atoms with E-state index in [2.05, 4.69) is 4.74 Å². The highest BCUT2D eigenvalue weighted by molar-refractivity contribution is 7.87. The van der Waals surface area contributed by atoms with Crippen molar-refractivity contribution in [1.29, 1.82) is 0 Å². The molecule has 1 saturated heterocycles. The van der Waals surface area contributed by atoms with Crippen LogP contribution in [0.15, 0.2) is 0 Å². The van der Waals surface area contributed by atoms with E-state index in [1.807, 2.05) is 4.72 Å². The van der Waals surface area contributed by atoms with E-state index in [9.17, 15) is 18.3 Å². The fraction of sp³-hybridized carbons (Fsp3) is 0.917. The minimum absolute atomic E-state index is 0.0312. The van der Waals surface area contributed by atoms with Crippen molar-refractivity contribution in [2.24, 2.45) is 5.92 Å². The molecule has 3 atom stereocenters. The average molecular weight is 306 g/mol. The third-order valence-corrected chi connectivity index (χ3v) is 5.57. The fourth-order valence-corrected chi connectivity index (χ4v) is 4.61. The van der Waals surface area contributed by atoms with Crippen LogP contribution in [0.25, 0.3) is 0 Å². The molecule has 8 heteroatoms. The predicted molar refractivity (Wildman–Crippen MR) is 72.2 cm³/mol. The van der Waals surface area contributed by atoms with E-state index >= 15 is 0 Å². The monoisotopic (exact) mass is 306 g/mol. The predicted octanol–water partition coefficient (Wildman–Crippen LogP) is 0.603. The largest absolute Gasteiger partial charge is 0.449 e. The molecule has 0 aromatic rings. The molecule has 1 heterocycles. The molecule has 0 aromatic heterocycles. The molecule has 1 aliphatic carbocycles. The molecule has 3 unspecified atom stereocenters. The third-order valence-electron chi connectivity index (χ3n) is 4.07. The van der Waals surface area contributed by atoms with Gasteiger partial charge in [-0.2, -0.15) is 12.7 Å². The molecule has 0 spiro atoms. The first-order valence-corrected chi connectivity index (χ1v) is 8.54. The van der Waals surface area contributed by atoms with Crippen molar-refractivity contribution in [1.82, 2.24) is 9.03 Å². The Morgan fingerprint density at radius 2 is 2.10 bits per heavy atom. The molecule has 0 radical (unpaired) electrons. The number of nitrogens with one attached hydrogen (secondary N) is 1. The third kappa shape index (κ3) is 3.24. The summed E-state index contributed by atoms with van der Waals surface area (Å²) >= 11 is 0. The zero-order valence-electron chi connectivity index (χ0n) is 11.6. The normalized spacial score (nSPS) is 31.4. The first-order chi connectivity index (χ1) is 9.45. The van der Waals surface area contributed by atoms with Crippen LogP contribution >= 0.6 is 0 Å². The van der Waals surface area contributed by atoms with Gasteiger partial charge >= 0.3 is 16.3 Å². The van der Waals surface area contributed by atoms with E-state index in [-0.39, 0.29) is 18.6 Å². The van der Waals surface area contributed by atoms with Crippen LogP contribution in [0.2, 0.25) is 0 Å². The summed E-state index contributed by atoms with van der Waals surface area (Å²) in [7, 11) is -3.89. The molecule has 2 aliphatic rings. The first-order valence-electron chi connectivity index (χ1n) is 7.10. The molecule has 2 rings (SSSR count). The van der Waals surface area contributed by atoms with Crippen LogP contribution in [0.3, 0.4) is 0 Å². The van der Waals surface area contributed by atoms with E-state index in [1.54, 1.807) is 6.92 Å². The highest BCUT2D eigenvalue weighted by Crippen LogP contribution is 2.36. The van der Waals surface area contributed by atoms with Gasteiger partial charge in [-0.3, -0.25) is 0 Å². The van der Waals surface area contributed by atoms with Gasteiger partial charge in [-0.05, 0) is 32.6 Å². The lowest BCUT2D eigenvalue weighted by molar-refractivity contribution is 0.0970. The van der Waals surface area contributed by atoms with Gasteiger partial charge in [0.1, 0.15) is 0 Å². The quantitative estimate of drug-likeness (QED) is 0.793. The van der Waals surface area contributed by atoms with Gasteiger partial charge in [-0.15, -0.1) is 0 Å². The second-order valence-corrected chi connectivity index (χ2v) is 6.93. The van der Waals surface area contributed by atoms with Crippen molar-refractivity contribution in [3.63, 3.8) is 0 Å². The molecule has 0 bridgehead atoms. The molecule has 1 saturated carbocycles. The fourth-order valence-electron chi connectivity index (χ4n) is 3.23. The molecule has 20 heavy (non-hydrogen) atoms. The van der Waals surface area contributed by atoms with Gasteiger partial charge in [0.2, 0.25) is 0 Å². The van der Waals surface area contributed by atoms with Crippen molar-refractivity contribution in [3.8, 4) is 0 Å². The van der Waals surface area contributed by atoms with E-state index in [4.69, 9.17) is 0 Å². The van der Waals surface area contributed by atoms with Crippen LogP contribution in [0.5, 0.6) is 0 Å². The maximum atomic E-state index is 12.2. The highest BCUT2D eigenvalue weighted by atomic mass is 32.2. The Morgan fingerprint density at radius 3 is 2.70 bits per heavy atom. The van der Waals surface area contributed by atoms with Gasteiger partial charge in [-0.25, -0.2) is 9.52 Å². The Bertz CT molecular complexity index is 453. The number of amides is 1. The summed E-state index contributed by atoms with van der Waals surface area (Å²) in [5.41, 5.74) is 0. The molecule has 2 N–H and O–H groups in total. The summed E-state index contributed by atoms with van der Waals surface area (Å²) < 4.78 is 32.3. The van der Waals surface area contributed by atoms with Crippen LogP contribution in [-0.2, 0) is 14.9 Å². The Kier molecular flexibility index (Phi) is 4.87. The number of hydrogen-bond donors (Lipinski definition) is 2. The number of carbonyl (C=O) groups is 1. The van der Waals surface area contributed by atoms with E-state index in [0.29, 0.717) is 6.54 Å². The summed E-state index contributed by atoms with van der Waals surface area (Å²) in [5.74, 6) is -0.0312. The maximum absolute atomic E-state index is 12.2. The Balaban J connectivity index is 2.07. The van der Waals surface area contributed by atoms with Crippen LogP contribution < -0.4 is 4.72 Å². The van der Waals surface area contributed by atoms with Crippen LogP contribution in [0, 0.1) is 5.92 Å². The van der Waals surface area contributed by atoms with Gasteiger partial charge in [0.15, 0.2) is 0 Å². The second kappa shape index (κ2) is 6.28. The molecule has 116 valence electrons. The number of hydrogen-bond acceptors (Lipinski definition) is 5. The van der Waals surface area contributed by atoms with Gasteiger partial charge in [0, 0.05) is 18.5 Å². The zero-order chi connectivity index (χ0) is 14.8. The van der Waals surface area contributed by atoms with Crippen molar-refractivity contribution in [2.45, 2.75) is 51.2 Å². The van der Waals surface area contributed by atoms with Crippen molar-refractivity contribution >= 4 is 16.3 Å². The van der Waals surface area contributed by atoms with E-state index in [0.717, 1.165) is 32.1 Å². The lowest BCUT2D eigenvalue weighted by atomic mass is 9.95. The summed E-state index contributed by atoms with van der Waals surface area (Å²) in [6.07, 6.45) is 2.55. The number of nitrogens with zero attached hydrogens (tertiary/aromatic N) is 1. The summed E-state index contributed by atoms with van der Waals surface area (Å²) in [5, 5.41) is 9.97. The number of aliphatic hydroxyl groups excluding tert-OH is 1. The van der Waals surface area contributed by atoms with Gasteiger partial charge in [0.25, 0.3) is 0 Å². The lowest BCUT2D eigenvalue weighted by Gasteiger charge is -2.30. The van der Waals surface area contributed by atoms with Gasteiger partial charge in [0.05, 0.1) is 12.7 Å². The van der Waals surface area contributed by atoms with Crippen molar-refractivity contribution < 1.29 is 23.1 Å². The van der Waals surface area contributed by atoms with Crippen LogP contribution in [0.1, 0.15) is 39.0 Å². The minimum Gasteiger partial charge on any atom is -0.449 e. The number of rotatable bonds is 4. The Labute approximate surface area is 119 Å². The molecule has 7 nitrogen and oxygen atoms in total. The second-order valence-electron chi connectivity index (χ2n) is 5.31. The van der Waals surface area contributed by atoms with E-state index < -0.39 is 22.4 Å². The molecule has 1 amide bonds. The van der Waals surface area contributed by atoms with Gasteiger partial charge in [-0.1, -0.05) is 6.42 Å². The summed E-state index contributed by atoms with van der Waals surface area (Å²) in [6, 6.07) is -0.223. The molecule has 0 aromatic carbocycles. The lowest BCUT2D eigenvalue weighted by Crippen LogP contribution is -2.49. The Hall–Kier alpha value is -0.860. The average Bonchev–Trinajstić information content (AvgIpc) is 2.96. The highest BCUT2D eigenvalue weighted by Gasteiger charge is 2.43. The van der Waals surface area contributed by atoms with Gasteiger partial charge < -0.3 is 9.84 Å². The number of ether oxygens (including phenoxy) is 1. The summed E-state index contributed by atoms with van der Waals surface area (Å²) in [6.45, 7) is 2.11. The minimum atomic E-state index is -3.89. The van der Waals surface area contributed by atoms with Crippen LogP contribution in [-0.4, -0.2) is 49.2 Å². The number of aliphatic hydroxyl groups is 1.